The van der Waals surface area contributed by atoms with Crippen molar-refractivity contribution >= 4 is 11.7 Å². The summed E-state index contributed by atoms with van der Waals surface area (Å²) < 4.78 is 14.9. The van der Waals surface area contributed by atoms with E-state index in [0.29, 0.717) is 30.3 Å². The quantitative estimate of drug-likeness (QED) is 0.658. The first-order valence-corrected chi connectivity index (χ1v) is 10.3. The maximum absolute atomic E-state index is 14.9. The lowest BCUT2D eigenvalue weighted by Gasteiger charge is -2.17. The highest BCUT2D eigenvalue weighted by Crippen LogP contribution is 2.34. The number of fused-ring (bicyclic) bond motifs is 1. The van der Waals surface area contributed by atoms with Gasteiger partial charge in [-0.1, -0.05) is 18.2 Å². The second-order valence-electron chi connectivity index (χ2n) is 8.01. The average Bonchev–Trinajstić information content (AvgIpc) is 3.34. The highest BCUT2D eigenvalue weighted by Gasteiger charge is 2.41. The third-order valence-corrected chi connectivity index (χ3v) is 5.79. The number of carbonyl (C=O) groups excluding carboxylic acids is 1. The Balaban J connectivity index is 1.50. The van der Waals surface area contributed by atoms with Crippen molar-refractivity contribution in [3.05, 3.63) is 83.2 Å². The Morgan fingerprint density at radius 2 is 1.94 bits per heavy atom. The van der Waals surface area contributed by atoms with Crippen molar-refractivity contribution in [1.82, 2.24) is 20.3 Å². The van der Waals surface area contributed by atoms with Crippen LogP contribution in [0.25, 0.3) is 11.3 Å². The van der Waals surface area contributed by atoms with Crippen LogP contribution < -0.4 is 10.2 Å². The Bertz CT molecular complexity index is 1170. The van der Waals surface area contributed by atoms with Crippen LogP contribution in [0, 0.1) is 25.6 Å². The van der Waals surface area contributed by atoms with Crippen molar-refractivity contribution in [3.63, 3.8) is 0 Å². The summed E-state index contributed by atoms with van der Waals surface area (Å²) in [4.78, 5) is 28.9. The number of nitrogens with zero attached hydrogens (tertiary/aromatic N) is 4. The Hall–Kier alpha value is -3.45. The number of rotatable bonds is 4. The number of benzene rings is 1. The topological polar surface area (TPSA) is 71.0 Å². The summed E-state index contributed by atoms with van der Waals surface area (Å²) in [6.07, 6.45) is 3.59. The van der Waals surface area contributed by atoms with E-state index in [1.165, 1.54) is 6.07 Å². The van der Waals surface area contributed by atoms with E-state index in [0.717, 1.165) is 17.0 Å². The van der Waals surface area contributed by atoms with Crippen molar-refractivity contribution in [1.29, 1.82) is 0 Å². The van der Waals surface area contributed by atoms with Crippen LogP contribution in [0.15, 0.2) is 60.4 Å². The Kier molecular flexibility index (Phi) is 4.82. The van der Waals surface area contributed by atoms with Gasteiger partial charge >= 0.3 is 0 Å². The van der Waals surface area contributed by atoms with Crippen molar-refractivity contribution in [2.24, 2.45) is 5.92 Å². The van der Waals surface area contributed by atoms with E-state index in [1.54, 1.807) is 30.5 Å². The van der Waals surface area contributed by atoms with Crippen molar-refractivity contribution < 1.29 is 9.18 Å². The molecule has 0 bridgehead atoms. The molecule has 1 saturated heterocycles. The van der Waals surface area contributed by atoms with Gasteiger partial charge < -0.3 is 10.2 Å². The van der Waals surface area contributed by atoms with E-state index >= 15 is 0 Å². The number of halogens is 1. The molecular formula is C24H22FN5O. The maximum atomic E-state index is 14.9. The van der Waals surface area contributed by atoms with Gasteiger partial charge in [-0.15, -0.1) is 0 Å². The molecule has 1 fully saturated rings. The molecule has 156 valence electrons. The second-order valence-corrected chi connectivity index (χ2v) is 8.01. The number of ketones is 1. The number of anilines is 1. The largest absolute Gasteiger partial charge is 0.316 e. The van der Waals surface area contributed by atoms with Crippen LogP contribution in [-0.4, -0.2) is 39.9 Å². The van der Waals surface area contributed by atoms with Gasteiger partial charge in [0.15, 0.2) is 5.78 Å². The van der Waals surface area contributed by atoms with Crippen molar-refractivity contribution in [2.75, 3.05) is 18.0 Å². The highest BCUT2D eigenvalue weighted by molar-refractivity contribution is 6.07. The van der Waals surface area contributed by atoms with Crippen LogP contribution in [0.1, 0.15) is 21.7 Å². The summed E-state index contributed by atoms with van der Waals surface area (Å²) in [6.45, 7) is 5.22. The molecule has 3 aromatic rings. The molecule has 5 rings (SSSR count). The zero-order chi connectivity index (χ0) is 21.5. The molecule has 0 radical (unpaired) electrons. The minimum Gasteiger partial charge on any atom is -0.316 e. The van der Waals surface area contributed by atoms with Gasteiger partial charge in [-0.05, 0) is 43.7 Å². The standard InChI is InChI=1S/C24H22FN5O/c1-14-10-15(2)29-24(28-14)30-12-16-11-27-22(18(16)13-30)23(31)21-17(6-5-7-19(21)25)20-8-3-4-9-26-20/h3-10,13,16,22,27H,11-12H2,1-2H3. The molecule has 0 aliphatic carbocycles. The Morgan fingerprint density at radius 1 is 1.13 bits per heavy atom. The molecule has 0 spiro atoms. The fourth-order valence-corrected chi connectivity index (χ4v) is 4.43. The van der Waals surface area contributed by atoms with Crippen LogP contribution in [0.5, 0.6) is 0 Å². The molecule has 7 heteroatoms. The number of carbonyl (C=O) groups is 1. The predicted octanol–water partition coefficient (Wildman–Crippen LogP) is 3.47. The molecule has 0 amide bonds. The number of pyridine rings is 1. The fourth-order valence-electron chi connectivity index (χ4n) is 4.43. The van der Waals surface area contributed by atoms with E-state index in [-0.39, 0.29) is 17.3 Å². The zero-order valence-corrected chi connectivity index (χ0v) is 17.3. The van der Waals surface area contributed by atoms with E-state index in [2.05, 4.69) is 20.3 Å². The van der Waals surface area contributed by atoms with Gasteiger partial charge in [0.25, 0.3) is 0 Å². The molecule has 6 nitrogen and oxygen atoms in total. The average molecular weight is 415 g/mol. The summed E-state index contributed by atoms with van der Waals surface area (Å²) >= 11 is 0. The lowest BCUT2D eigenvalue weighted by Crippen LogP contribution is -2.34. The molecule has 2 aliphatic rings. The van der Waals surface area contributed by atoms with Crippen LogP contribution in [0.2, 0.25) is 0 Å². The van der Waals surface area contributed by atoms with Crippen LogP contribution >= 0.6 is 0 Å². The normalized spacial score (nSPS) is 20.0. The smallest absolute Gasteiger partial charge is 0.229 e. The second kappa shape index (κ2) is 7.67. The number of hydrogen-bond donors (Lipinski definition) is 1. The summed E-state index contributed by atoms with van der Waals surface area (Å²) in [5.41, 5.74) is 3.89. The van der Waals surface area contributed by atoms with Gasteiger partial charge in [0, 0.05) is 48.4 Å². The van der Waals surface area contributed by atoms with E-state index in [1.807, 2.05) is 37.1 Å². The van der Waals surface area contributed by atoms with Crippen LogP contribution in [0.3, 0.4) is 0 Å². The summed E-state index contributed by atoms with van der Waals surface area (Å²) in [5.74, 6) is -0.0312. The maximum Gasteiger partial charge on any atom is 0.229 e. The SMILES string of the molecule is Cc1cc(C)nc(N2C=C3C(CNC3C(=O)c3c(F)cccc3-c3ccccn3)C2)n1. The number of nitrogens with one attached hydrogen (secondary N) is 1. The van der Waals surface area contributed by atoms with Gasteiger partial charge in [-0.3, -0.25) is 9.78 Å². The fraction of sp³-hybridized carbons (Fsp3) is 0.250. The zero-order valence-electron chi connectivity index (χ0n) is 17.3. The Labute approximate surface area is 179 Å². The molecule has 2 unspecified atom stereocenters. The number of hydrogen-bond acceptors (Lipinski definition) is 6. The summed E-state index contributed by atoms with van der Waals surface area (Å²) in [5, 5.41) is 3.29. The highest BCUT2D eigenvalue weighted by atomic mass is 19.1. The Morgan fingerprint density at radius 3 is 2.68 bits per heavy atom. The first-order valence-electron chi connectivity index (χ1n) is 10.3. The third-order valence-electron chi connectivity index (χ3n) is 5.79. The first-order chi connectivity index (χ1) is 15.0. The minimum atomic E-state index is -0.583. The van der Waals surface area contributed by atoms with Gasteiger partial charge in [0.2, 0.25) is 5.95 Å². The molecule has 2 aliphatic heterocycles. The molecule has 1 N–H and O–H groups in total. The molecule has 2 aromatic heterocycles. The van der Waals surface area contributed by atoms with Gasteiger partial charge in [-0.2, -0.15) is 0 Å². The molecule has 1 aromatic carbocycles. The van der Waals surface area contributed by atoms with Crippen LogP contribution in [0.4, 0.5) is 10.3 Å². The minimum absolute atomic E-state index is 0.0707. The van der Waals surface area contributed by atoms with Gasteiger partial charge in [0.1, 0.15) is 5.82 Å². The summed E-state index contributed by atoms with van der Waals surface area (Å²) in [7, 11) is 0. The molecule has 0 saturated carbocycles. The van der Waals surface area contributed by atoms with Crippen molar-refractivity contribution in [2.45, 2.75) is 19.9 Å². The molecule has 2 atom stereocenters. The van der Waals surface area contributed by atoms with Crippen LogP contribution in [-0.2, 0) is 0 Å². The monoisotopic (exact) mass is 415 g/mol. The van der Waals surface area contributed by atoms with Gasteiger partial charge in [-0.25, -0.2) is 14.4 Å². The van der Waals surface area contributed by atoms with Gasteiger partial charge in [0.05, 0.1) is 17.3 Å². The molecular weight excluding hydrogens is 393 g/mol. The number of Topliss-reactive ketones (excluding diaryl/α,β-unsaturated/α-hetero) is 1. The molecule has 31 heavy (non-hydrogen) atoms. The summed E-state index contributed by atoms with van der Waals surface area (Å²) in [6, 6.07) is 11.4. The third kappa shape index (κ3) is 3.51. The van der Waals surface area contributed by atoms with E-state index in [4.69, 9.17) is 0 Å². The predicted molar refractivity (Wildman–Crippen MR) is 116 cm³/mol. The van der Waals surface area contributed by atoms with E-state index < -0.39 is 11.9 Å². The lowest BCUT2D eigenvalue weighted by molar-refractivity contribution is 0.0963. The lowest BCUT2D eigenvalue weighted by atomic mass is 9.91. The van der Waals surface area contributed by atoms with E-state index in [9.17, 15) is 9.18 Å². The number of aromatic nitrogens is 3. The first kappa shape index (κ1) is 19.5. The number of aryl methyl sites for hydroxylation is 2. The van der Waals surface area contributed by atoms with Crippen molar-refractivity contribution in [3.8, 4) is 11.3 Å². The molecule has 4 heterocycles.